The molecular formula is C11H7NO. The van der Waals surface area contributed by atoms with Gasteiger partial charge in [-0.15, -0.1) is 0 Å². The highest BCUT2D eigenvalue weighted by atomic mass is 16.1. The minimum absolute atomic E-state index is 0.360. The summed E-state index contributed by atoms with van der Waals surface area (Å²) in [5, 5.41) is 0. The molecule has 0 radical (unpaired) electrons. The zero-order chi connectivity index (χ0) is 9.10. The lowest BCUT2D eigenvalue weighted by atomic mass is 10.1. The first-order valence-electron chi connectivity index (χ1n) is 3.96. The second kappa shape index (κ2) is 3.21. The molecule has 0 amide bonds. The molecule has 0 aromatic heterocycles. The van der Waals surface area contributed by atoms with Gasteiger partial charge in [-0.05, 0) is 11.6 Å². The highest BCUT2D eigenvalue weighted by Gasteiger charge is 2.05. The molecule has 2 heteroatoms. The minimum atomic E-state index is 0.360. The van der Waals surface area contributed by atoms with Crippen molar-refractivity contribution in [2.24, 2.45) is 4.99 Å². The zero-order valence-electron chi connectivity index (χ0n) is 6.90. The molecule has 62 valence electrons. The Bertz CT molecular complexity index is 423. The second-order valence-electron chi connectivity index (χ2n) is 2.71. The number of rotatable bonds is 1. The van der Waals surface area contributed by atoms with E-state index in [1.165, 1.54) is 0 Å². The van der Waals surface area contributed by atoms with Crippen LogP contribution in [0.5, 0.6) is 0 Å². The third kappa shape index (κ3) is 1.48. The quantitative estimate of drug-likeness (QED) is 0.590. The summed E-state index contributed by atoms with van der Waals surface area (Å²) in [5.41, 5.74) is 2.38. The Morgan fingerprint density at radius 2 is 1.92 bits per heavy atom. The maximum absolute atomic E-state index is 10.3. The van der Waals surface area contributed by atoms with Gasteiger partial charge in [0.2, 0.25) is 0 Å². The largest absolute Gasteiger partial charge is 0.244 e. The first-order valence-corrected chi connectivity index (χ1v) is 3.96. The van der Waals surface area contributed by atoms with Gasteiger partial charge in [0.25, 0.3) is 0 Å². The van der Waals surface area contributed by atoms with Gasteiger partial charge in [0.1, 0.15) is 5.70 Å². The van der Waals surface area contributed by atoms with Crippen molar-refractivity contribution >= 4 is 17.7 Å². The molecule has 13 heavy (non-hydrogen) atoms. The zero-order valence-corrected chi connectivity index (χ0v) is 6.90. The fraction of sp³-hybridized carbons (Fsp3) is 0. The topological polar surface area (TPSA) is 29.4 Å². The van der Waals surface area contributed by atoms with E-state index in [-0.39, 0.29) is 0 Å². The van der Waals surface area contributed by atoms with Crippen LogP contribution >= 0.6 is 0 Å². The van der Waals surface area contributed by atoms with Gasteiger partial charge < -0.3 is 0 Å². The van der Waals surface area contributed by atoms with Crippen LogP contribution in [-0.4, -0.2) is 12.2 Å². The summed E-state index contributed by atoms with van der Waals surface area (Å²) >= 11 is 0. The van der Waals surface area contributed by atoms with Crippen LogP contribution in [0, 0.1) is 0 Å². The molecule has 1 aliphatic heterocycles. The molecule has 1 aromatic rings. The van der Waals surface area contributed by atoms with Crippen LogP contribution in [0.4, 0.5) is 0 Å². The predicted octanol–water partition coefficient (Wildman–Crippen LogP) is 1.87. The molecule has 2 nitrogen and oxygen atoms in total. The molecule has 0 saturated heterocycles. The number of allylic oxidation sites excluding steroid dienone is 2. The first kappa shape index (κ1) is 7.71. The van der Waals surface area contributed by atoms with Gasteiger partial charge in [0.15, 0.2) is 5.94 Å². The Hall–Kier alpha value is -1.92. The minimum Gasteiger partial charge on any atom is -0.244 e. The molecule has 0 bridgehead atoms. The Balaban J connectivity index is 2.41. The van der Waals surface area contributed by atoms with Crippen LogP contribution in [0.1, 0.15) is 5.56 Å². The lowest BCUT2D eigenvalue weighted by molar-refractivity contribution is 0.567. The SMILES string of the molecule is O=C=C1C=C(c2ccccc2)C=N1. The van der Waals surface area contributed by atoms with E-state index in [2.05, 4.69) is 4.99 Å². The molecule has 0 spiro atoms. The summed E-state index contributed by atoms with van der Waals surface area (Å²) in [6, 6.07) is 9.81. The third-order valence-electron chi connectivity index (χ3n) is 1.85. The summed E-state index contributed by atoms with van der Waals surface area (Å²) in [4.78, 5) is 14.2. The first-order chi connectivity index (χ1) is 6.40. The maximum atomic E-state index is 10.3. The summed E-state index contributed by atoms with van der Waals surface area (Å²) in [7, 11) is 0. The van der Waals surface area contributed by atoms with Crippen molar-refractivity contribution in [3.63, 3.8) is 0 Å². The van der Waals surface area contributed by atoms with Gasteiger partial charge in [-0.3, -0.25) is 0 Å². The highest BCUT2D eigenvalue weighted by Crippen LogP contribution is 2.18. The molecule has 0 N–H and O–H groups in total. The van der Waals surface area contributed by atoms with Gasteiger partial charge >= 0.3 is 0 Å². The van der Waals surface area contributed by atoms with Crippen LogP contribution in [0.2, 0.25) is 0 Å². The smallest absolute Gasteiger partial charge is 0.152 e. The van der Waals surface area contributed by atoms with E-state index in [0.717, 1.165) is 11.1 Å². The van der Waals surface area contributed by atoms with Crippen molar-refractivity contribution in [1.82, 2.24) is 0 Å². The summed E-state index contributed by atoms with van der Waals surface area (Å²) in [5.74, 6) is 1.76. The van der Waals surface area contributed by atoms with Crippen LogP contribution in [0.25, 0.3) is 5.57 Å². The van der Waals surface area contributed by atoms with Gasteiger partial charge in [0, 0.05) is 11.8 Å². The molecule has 1 heterocycles. The lowest BCUT2D eigenvalue weighted by Gasteiger charge is -1.95. The molecule has 2 rings (SSSR count). The molecule has 1 aromatic carbocycles. The van der Waals surface area contributed by atoms with Gasteiger partial charge in [-0.1, -0.05) is 30.3 Å². The van der Waals surface area contributed by atoms with Crippen molar-refractivity contribution < 1.29 is 4.79 Å². The Morgan fingerprint density at radius 1 is 1.15 bits per heavy atom. The van der Waals surface area contributed by atoms with Gasteiger partial charge in [-0.2, -0.15) is 0 Å². The van der Waals surface area contributed by atoms with E-state index in [9.17, 15) is 4.79 Å². The summed E-state index contributed by atoms with van der Waals surface area (Å²) < 4.78 is 0. The van der Waals surface area contributed by atoms with E-state index >= 15 is 0 Å². The molecule has 0 saturated carbocycles. The van der Waals surface area contributed by atoms with Crippen molar-refractivity contribution in [2.45, 2.75) is 0 Å². The summed E-state index contributed by atoms with van der Waals surface area (Å²) in [6.07, 6.45) is 3.40. The van der Waals surface area contributed by atoms with Crippen molar-refractivity contribution in [3.8, 4) is 0 Å². The summed E-state index contributed by atoms with van der Waals surface area (Å²) in [6.45, 7) is 0. The maximum Gasteiger partial charge on any atom is 0.152 e. The number of benzene rings is 1. The van der Waals surface area contributed by atoms with Crippen molar-refractivity contribution in [3.05, 3.63) is 47.7 Å². The lowest BCUT2D eigenvalue weighted by Crippen LogP contribution is -1.80. The Labute approximate surface area is 75.9 Å². The van der Waals surface area contributed by atoms with Crippen molar-refractivity contribution in [2.75, 3.05) is 0 Å². The molecule has 0 aliphatic carbocycles. The number of aliphatic imine (C=N–C) groups is 1. The van der Waals surface area contributed by atoms with Gasteiger partial charge in [-0.25, -0.2) is 9.79 Å². The van der Waals surface area contributed by atoms with E-state index in [1.54, 1.807) is 18.2 Å². The Morgan fingerprint density at radius 3 is 2.54 bits per heavy atom. The van der Waals surface area contributed by atoms with Crippen LogP contribution in [-0.2, 0) is 4.79 Å². The van der Waals surface area contributed by atoms with Crippen LogP contribution in [0.3, 0.4) is 0 Å². The predicted molar refractivity (Wildman–Crippen MR) is 52.1 cm³/mol. The average molecular weight is 169 g/mol. The molecule has 0 atom stereocenters. The van der Waals surface area contributed by atoms with Crippen LogP contribution < -0.4 is 0 Å². The standard InChI is InChI=1S/C11H7NO/c13-8-11-6-10(7-12-11)9-4-2-1-3-5-9/h1-7H. The normalized spacial score (nSPS) is 14.2. The fourth-order valence-corrected chi connectivity index (χ4v) is 1.21. The van der Waals surface area contributed by atoms with E-state index in [0.29, 0.717) is 5.70 Å². The molecule has 0 fully saturated rings. The molecular weight excluding hydrogens is 162 g/mol. The number of nitrogens with zero attached hydrogens (tertiary/aromatic N) is 1. The second-order valence-corrected chi connectivity index (χ2v) is 2.71. The van der Waals surface area contributed by atoms with Crippen LogP contribution in [0.15, 0.2) is 47.1 Å². The van der Waals surface area contributed by atoms with E-state index in [4.69, 9.17) is 0 Å². The molecule has 0 unspecified atom stereocenters. The van der Waals surface area contributed by atoms with Crippen molar-refractivity contribution in [1.29, 1.82) is 0 Å². The van der Waals surface area contributed by atoms with Gasteiger partial charge in [0.05, 0.1) is 0 Å². The van der Waals surface area contributed by atoms with E-state index in [1.807, 2.05) is 30.3 Å². The number of hydrogen-bond donors (Lipinski definition) is 0. The highest BCUT2D eigenvalue weighted by molar-refractivity contribution is 6.14. The number of carbonyl (C=O) groups excluding carboxylic acids is 1. The third-order valence-corrected chi connectivity index (χ3v) is 1.85. The molecule has 1 aliphatic rings. The monoisotopic (exact) mass is 169 g/mol. The van der Waals surface area contributed by atoms with E-state index < -0.39 is 0 Å². The fourth-order valence-electron chi connectivity index (χ4n) is 1.21. The average Bonchev–Trinajstić information content (AvgIpc) is 2.67. The Kier molecular flexibility index (Phi) is 1.91. The number of hydrogen-bond acceptors (Lipinski definition) is 2.